The van der Waals surface area contributed by atoms with Crippen molar-refractivity contribution in [3.63, 3.8) is 0 Å². The summed E-state index contributed by atoms with van der Waals surface area (Å²) in [6, 6.07) is 0. The maximum atomic E-state index is 12.4. The summed E-state index contributed by atoms with van der Waals surface area (Å²) in [5.41, 5.74) is 0.0421. The number of nitrogens with two attached hydrogens (primary N) is 1. The summed E-state index contributed by atoms with van der Waals surface area (Å²) in [5, 5.41) is 3.61. The minimum Gasteiger partial charge on any atom is -0.297 e. The molecular weight excluding hydrogens is 180 g/mol. The summed E-state index contributed by atoms with van der Waals surface area (Å²) < 4.78 is 26.0. The van der Waals surface area contributed by atoms with Crippen LogP contribution in [-0.2, 0) is 11.9 Å². The van der Waals surface area contributed by atoms with E-state index in [2.05, 4.69) is 9.94 Å². The Morgan fingerprint density at radius 1 is 1.62 bits per heavy atom. The largest absolute Gasteiger partial charge is 0.297 e. The zero-order valence-corrected chi connectivity index (χ0v) is 7.37. The molecule has 1 heterocycles. The Bertz CT molecular complexity index is 287. The maximum absolute atomic E-state index is 12.4. The van der Waals surface area contributed by atoms with E-state index in [4.69, 9.17) is 5.90 Å². The van der Waals surface area contributed by atoms with Crippen LogP contribution in [-0.4, -0.2) is 9.78 Å². The van der Waals surface area contributed by atoms with Gasteiger partial charge in [0.05, 0.1) is 0 Å². The number of nitrogens with zero attached hydrogens (tertiary/aromatic N) is 2. The van der Waals surface area contributed by atoms with Crippen LogP contribution in [0.5, 0.6) is 0 Å². The highest BCUT2D eigenvalue weighted by Gasteiger charge is 2.21. The molecule has 0 spiro atoms. The fourth-order valence-electron chi connectivity index (χ4n) is 1.08. The fraction of sp³-hybridized carbons (Fsp3) is 0.571. The van der Waals surface area contributed by atoms with Crippen molar-refractivity contribution in [3.8, 4) is 0 Å². The van der Waals surface area contributed by atoms with Crippen molar-refractivity contribution in [2.24, 2.45) is 12.9 Å². The molecule has 0 saturated heterocycles. The van der Waals surface area contributed by atoms with E-state index in [1.807, 2.05) is 0 Å². The van der Waals surface area contributed by atoms with Gasteiger partial charge in [-0.1, -0.05) is 0 Å². The third kappa shape index (κ3) is 2.02. The second-order valence-electron chi connectivity index (χ2n) is 2.72. The first-order valence-corrected chi connectivity index (χ1v) is 3.73. The molecule has 0 aliphatic heterocycles. The molecule has 0 bridgehead atoms. The van der Waals surface area contributed by atoms with Crippen LogP contribution in [0.2, 0.25) is 0 Å². The van der Waals surface area contributed by atoms with Crippen molar-refractivity contribution in [2.75, 3.05) is 0 Å². The van der Waals surface area contributed by atoms with E-state index < -0.39 is 12.5 Å². The molecule has 1 rings (SSSR count). The molecule has 74 valence electrons. The normalized spacial score (nSPS) is 13.7. The molecule has 1 aromatic rings. The second kappa shape index (κ2) is 3.80. The Morgan fingerprint density at radius 2 is 2.23 bits per heavy atom. The van der Waals surface area contributed by atoms with Gasteiger partial charge in [0.2, 0.25) is 0 Å². The predicted octanol–water partition coefficient (Wildman–Crippen LogP) is 1.31. The van der Waals surface area contributed by atoms with Crippen molar-refractivity contribution in [2.45, 2.75) is 19.5 Å². The maximum Gasteiger partial charge on any atom is 0.282 e. The molecule has 1 unspecified atom stereocenters. The molecule has 1 aromatic heterocycles. The monoisotopic (exact) mass is 191 g/mol. The van der Waals surface area contributed by atoms with E-state index >= 15 is 0 Å². The number of aromatic nitrogens is 2. The molecular formula is C7H11F2N3O. The number of aryl methyl sites for hydroxylation is 1. The lowest BCUT2D eigenvalue weighted by Gasteiger charge is -2.07. The molecule has 0 fully saturated rings. The summed E-state index contributed by atoms with van der Waals surface area (Å²) in [6.45, 7) is 1.59. The summed E-state index contributed by atoms with van der Waals surface area (Å²) >= 11 is 0. The Balaban J connectivity index is 3.04. The van der Waals surface area contributed by atoms with Gasteiger partial charge in [0, 0.05) is 18.8 Å². The molecule has 13 heavy (non-hydrogen) atoms. The predicted molar refractivity (Wildman–Crippen MR) is 41.9 cm³/mol. The van der Waals surface area contributed by atoms with E-state index in [0.717, 1.165) is 0 Å². The number of halogens is 2. The molecule has 0 aliphatic rings. The third-order valence-corrected chi connectivity index (χ3v) is 1.74. The quantitative estimate of drug-likeness (QED) is 0.733. The van der Waals surface area contributed by atoms with Gasteiger partial charge in [-0.15, -0.1) is 0 Å². The molecule has 0 radical (unpaired) electrons. The Labute approximate surface area is 74.2 Å². The first-order valence-electron chi connectivity index (χ1n) is 3.73. The van der Waals surface area contributed by atoms with E-state index in [-0.39, 0.29) is 5.69 Å². The fourth-order valence-corrected chi connectivity index (χ4v) is 1.08. The molecule has 0 aliphatic carbocycles. The summed E-state index contributed by atoms with van der Waals surface area (Å²) in [6.07, 6.45) is -1.70. The lowest BCUT2D eigenvalue weighted by atomic mass is 10.1. The van der Waals surface area contributed by atoms with Gasteiger partial charge in [0.1, 0.15) is 11.8 Å². The molecule has 4 nitrogen and oxygen atoms in total. The van der Waals surface area contributed by atoms with Gasteiger partial charge >= 0.3 is 0 Å². The third-order valence-electron chi connectivity index (χ3n) is 1.74. The average molecular weight is 191 g/mol. The lowest BCUT2D eigenvalue weighted by molar-refractivity contribution is 0.0614. The highest BCUT2D eigenvalue weighted by Crippen LogP contribution is 2.26. The second-order valence-corrected chi connectivity index (χ2v) is 2.72. The van der Waals surface area contributed by atoms with Crippen LogP contribution in [0, 0.1) is 0 Å². The van der Waals surface area contributed by atoms with Crippen LogP contribution in [0.4, 0.5) is 8.78 Å². The van der Waals surface area contributed by atoms with E-state index in [1.54, 1.807) is 14.0 Å². The van der Waals surface area contributed by atoms with Crippen molar-refractivity contribution in [1.29, 1.82) is 0 Å². The van der Waals surface area contributed by atoms with Crippen LogP contribution in [0.15, 0.2) is 6.20 Å². The van der Waals surface area contributed by atoms with Crippen LogP contribution in [0.1, 0.15) is 30.7 Å². The first-order chi connectivity index (χ1) is 6.06. The number of hydrogen-bond acceptors (Lipinski definition) is 3. The highest BCUT2D eigenvalue weighted by atomic mass is 19.3. The lowest BCUT2D eigenvalue weighted by Crippen LogP contribution is -2.06. The Kier molecular flexibility index (Phi) is 2.94. The SMILES string of the molecule is CC(ON)c1cn(C)nc1C(F)F. The van der Waals surface area contributed by atoms with Crippen molar-refractivity contribution in [3.05, 3.63) is 17.5 Å². The highest BCUT2D eigenvalue weighted by molar-refractivity contribution is 5.20. The molecule has 1 atom stereocenters. The summed E-state index contributed by atoms with van der Waals surface area (Å²) in [7, 11) is 1.57. The smallest absolute Gasteiger partial charge is 0.282 e. The van der Waals surface area contributed by atoms with Crippen LogP contribution < -0.4 is 5.90 Å². The van der Waals surface area contributed by atoms with Gasteiger partial charge in [-0.25, -0.2) is 14.7 Å². The zero-order chi connectivity index (χ0) is 10.0. The van der Waals surface area contributed by atoms with Crippen molar-refractivity contribution in [1.82, 2.24) is 9.78 Å². The van der Waals surface area contributed by atoms with E-state index in [1.165, 1.54) is 10.9 Å². The number of alkyl halides is 2. The minimum atomic E-state index is -2.60. The van der Waals surface area contributed by atoms with Gasteiger partial charge in [0.15, 0.2) is 0 Å². The van der Waals surface area contributed by atoms with Crippen LogP contribution in [0.3, 0.4) is 0 Å². The topological polar surface area (TPSA) is 53.1 Å². The summed E-state index contributed by atoms with van der Waals surface area (Å²) in [4.78, 5) is 4.45. The first kappa shape index (κ1) is 10.1. The molecule has 0 saturated carbocycles. The van der Waals surface area contributed by atoms with Gasteiger partial charge in [-0.2, -0.15) is 5.10 Å². The van der Waals surface area contributed by atoms with Gasteiger partial charge < -0.3 is 0 Å². The Hall–Kier alpha value is -1.01. The summed E-state index contributed by atoms with van der Waals surface area (Å²) in [5.74, 6) is 4.90. The number of rotatable bonds is 3. The van der Waals surface area contributed by atoms with Crippen LogP contribution in [0.25, 0.3) is 0 Å². The van der Waals surface area contributed by atoms with Crippen LogP contribution >= 0.6 is 0 Å². The van der Waals surface area contributed by atoms with Gasteiger partial charge in [-0.3, -0.25) is 9.52 Å². The number of hydrogen-bond donors (Lipinski definition) is 1. The van der Waals surface area contributed by atoms with Gasteiger partial charge in [0.25, 0.3) is 6.43 Å². The minimum absolute atomic E-state index is 0.277. The molecule has 6 heteroatoms. The van der Waals surface area contributed by atoms with Crippen molar-refractivity contribution < 1.29 is 13.6 Å². The van der Waals surface area contributed by atoms with E-state index in [9.17, 15) is 8.78 Å². The average Bonchev–Trinajstić information content (AvgIpc) is 2.46. The van der Waals surface area contributed by atoms with Gasteiger partial charge in [-0.05, 0) is 6.92 Å². The Morgan fingerprint density at radius 3 is 2.69 bits per heavy atom. The molecule has 0 aromatic carbocycles. The molecule has 2 N–H and O–H groups in total. The van der Waals surface area contributed by atoms with E-state index in [0.29, 0.717) is 5.56 Å². The van der Waals surface area contributed by atoms with Crippen molar-refractivity contribution >= 4 is 0 Å². The molecule has 0 amide bonds. The standard InChI is InChI=1S/C7H11F2N3O/c1-4(13-10)5-3-12(2)11-6(5)7(8)9/h3-4,7H,10H2,1-2H3. The zero-order valence-electron chi connectivity index (χ0n) is 7.37.